The maximum atomic E-state index is 12.2. The first-order valence-corrected chi connectivity index (χ1v) is 17.3. The Morgan fingerprint density at radius 3 is 1.09 bits per heavy atom. The fourth-order valence-corrected chi connectivity index (χ4v) is 5.28. The minimum atomic E-state index is -0.266. The van der Waals surface area contributed by atoms with Crippen molar-refractivity contribution in [2.45, 2.75) is 0 Å². The van der Waals surface area contributed by atoms with E-state index in [1.165, 1.54) is 0 Å². The van der Waals surface area contributed by atoms with Gasteiger partial charge in [-0.15, -0.1) is 0 Å². The molecule has 4 N–H and O–H groups in total. The second-order valence-electron chi connectivity index (χ2n) is 9.77. The molecule has 4 aromatic carbocycles. The molecular formula is C34H26Br4N6O2. The monoisotopic (exact) mass is 866 g/mol. The van der Waals surface area contributed by atoms with Crippen molar-refractivity contribution in [3.05, 3.63) is 116 Å². The summed E-state index contributed by atoms with van der Waals surface area (Å²) in [5.74, 6) is 0. The number of pyridine rings is 2. The molecule has 6 rings (SSSR count). The highest BCUT2D eigenvalue weighted by Gasteiger charge is 2.13. The van der Waals surface area contributed by atoms with Gasteiger partial charge in [0.15, 0.2) is 0 Å². The van der Waals surface area contributed by atoms with Crippen LogP contribution in [-0.4, -0.2) is 35.1 Å². The van der Waals surface area contributed by atoms with Gasteiger partial charge in [-0.2, -0.15) is 0 Å². The van der Waals surface area contributed by atoms with Crippen molar-refractivity contribution in [1.29, 1.82) is 0 Å². The van der Waals surface area contributed by atoms with E-state index >= 15 is 0 Å². The lowest BCUT2D eigenvalue weighted by atomic mass is 10.1. The van der Waals surface area contributed by atoms with Gasteiger partial charge in [0, 0.05) is 30.5 Å². The predicted octanol–water partition coefficient (Wildman–Crippen LogP) is 10.3. The lowest BCUT2D eigenvalue weighted by molar-refractivity contribution is 0.252. The normalized spacial score (nSPS) is 11.7. The van der Waals surface area contributed by atoms with Crippen LogP contribution in [0, 0.1) is 0 Å². The molecule has 0 fully saturated rings. The van der Waals surface area contributed by atoms with Crippen LogP contribution in [0.4, 0.5) is 21.0 Å². The van der Waals surface area contributed by atoms with Crippen molar-refractivity contribution in [3.8, 4) is 0 Å². The van der Waals surface area contributed by atoms with Gasteiger partial charge in [-0.05, 0) is 34.2 Å². The van der Waals surface area contributed by atoms with Gasteiger partial charge in [0.1, 0.15) is 0 Å². The number of carbonyl (C=O) groups is 2. The van der Waals surface area contributed by atoms with Gasteiger partial charge >= 0.3 is 12.1 Å². The summed E-state index contributed by atoms with van der Waals surface area (Å²) in [5, 5.41) is 15.2. The van der Waals surface area contributed by atoms with Crippen LogP contribution in [0.3, 0.4) is 0 Å². The highest BCUT2D eigenvalue weighted by atomic mass is 79.9. The number of carbonyl (C=O) groups excluding carboxylic acids is 2. The van der Waals surface area contributed by atoms with E-state index in [9.17, 15) is 9.59 Å². The van der Waals surface area contributed by atoms with Crippen molar-refractivity contribution in [2.75, 3.05) is 23.7 Å². The molecule has 0 aliphatic carbocycles. The number of halogens is 4. The number of nitrogens with one attached hydrogen (secondary N) is 4. The Balaban J connectivity index is 0.000000181. The van der Waals surface area contributed by atoms with Crippen LogP contribution in [0.25, 0.3) is 43.6 Å². The number of nitrogens with zero attached hydrogens (tertiary/aromatic N) is 2. The summed E-state index contributed by atoms with van der Waals surface area (Å²) in [5.41, 5.74) is 4.93. The first-order valence-electron chi connectivity index (χ1n) is 13.9. The number of benzene rings is 4. The number of hydrogen-bond donors (Lipinski definition) is 4. The van der Waals surface area contributed by atoms with Crippen LogP contribution < -0.4 is 21.3 Å². The molecule has 0 aliphatic rings. The third kappa shape index (κ3) is 8.30. The van der Waals surface area contributed by atoms with Gasteiger partial charge < -0.3 is 21.3 Å². The van der Waals surface area contributed by atoms with E-state index in [1.54, 1.807) is 9.97 Å². The summed E-state index contributed by atoms with van der Waals surface area (Å²) in [6.07, 6.45) is 0. The topological polar surface area (TPSA) is 108 Å². The summed E-state index contributed by atoms with van der Waals surface area (Å²) in [4.78, 5) is 37.1. The molecule has 0 saturated carbocycles. The number of hydrogen-bond acceptors (Lipinski definition) is 4. The summed E-state index contributed by atoms with van der Waals surface area (Å²) >= 11 is 13.1. The second kappa shape index (κ2) is 16.1. The van der Waals surface area contributed by atoms with Crippen molar-refractivity contribution in [2.24, 2.45) is 0 Å². The smallest absolute Gasteiger partial charge is 0.319 e. The summed E-state index contributed by atoms with van der Waals surface area (Å²) < 4.78 is 1.69. The molecule has 232 valence electrons. The molecule has 12 heteroatoms. The van der Waals surface area contributed by atoms with Gasteiger partial charge in [0.2, 0.25) is 0 Å². The largest absolute Gasteiger partial charge is 0.333 e. The number of amides is 4. The van der Waals surface area contributed by atoms with Crippen LogP contribution in [0.1, 0.15) is 0 Å². The van der Waals surface area contributed by atoms with E-state index in [1.807, 2.05) is 97.1 Å². The molecular weight excluding hydrogens is 844 g/mol. The number of anilines is 2. The zero-order valence-electron chi connectivity index (χ0n) is 24.0. The average molecular weight is 870 g/mol. The van der Waals surface area contributed by atoms with E-state index < -0.39 is 0 Å². The van der Waals surface area contributed by atoms with E-state index in [-0.39, 0.29) is 12.1 Å². The molecule has 0 atom stereocenters. The molecule has 0 aliphatic heterocycles. The van der Waals surface area contributed by atoms with Gasteiger partial charge in [0.25, 0.3) is 0 Å². The zero-order valence-corrected chi connectivity index (χ0v) is 30.4. The molecule has 46 heavy (non-hydrogen) atoms. The summed E-state index contributed by atoms with van der Waals surface area (Å²) in [6.45, 7) is 0.802. The van der Waals surface area contributed by atoms with Crippen molar-refractivity contribution < 1.29 is 9.59 Å². The first kappa shape index (κ1) is 33.5. The molecule has 0 unspecified atom stereocenters. The number of fused-ring (bicyclic) bond motifs is 4. The van der Waals surface area contributed by atoms with E-state index in [0.717, 1.165) is 64.0 Å². The van der Waals surface area contributed by atoms with Crippen molar-refractivity contribution in [3.63, 3.8) is 0 Å². The molecule has 0 radical (unpaired) electrons. The van der Waals surface area contributed by atoms with Crippen LogP contribution in [0.2, 0.25) is 0 Å². The Morgan fingerprint density at radius 2 is 0.804 bits per heavy atom. The molecule has 2 aromatic heterocycles. The Morgan fingerprint density at radius 1 is 0.522 bits per heavy atom. The van der Waals surface area contributed by atoms with Crippen molar-refractivity contribution in [1.82, 2.24) is 20.6 Å². The van der Waals surface area contributed by atoms with E-state index in [4.69, 9.17) is 0 Å². The average Bonchev–Trinajstić information content (AvgIpc) is 3.09. The summed E-state index contributed by atoms with van der Waals surface area (Å²) in [7, 11) is 0. The fraction of sp³-hybridized carbons (Fsp3) is 0.0588. The zero-order chi connectivity index (χ0) is 32.5. The summed E-state index contributed by atoms with van der Waals surface area (Å²) in [6, 6.07) is 30.5. The molecule has 0 saturated heterocycles. The lowest BCUT2D eigenvalue weighted by Gasteiger charge is -2.13. The van der Waals surface area contributed by atoms with Gasteiger partial charge in [-0.3, -0.25) is 0 Å². The molecule has 0 spiro atoms. The fourth-order valence-electron chi connectivity index (χ4n) is 4.67. The minimum Gasteiger partial charge on any atom is -0.333 e. The Labute approximate surface area is 298 Å². The molecule has 8 nitrogen and oxygen atoms in total. The third-order valence-corrected chi connectivity index (χ3v) is 10.1. The molecule has 6 aromatic rings. The Kier molecular flexibility index (Phi) is 11.8. The molecule has 0 bridgehead atoms. The Hall–Kier alpha value is -3.84. The maximum absolute atomic E-state index is 12.2. The number of aromatic nitrogens is 2. The van der Waals surface area contributed by atoms with Gasteiger partial charge in [-0.25, -0.2) is 19.6 Å². The standard InChI is InChI=1S/2C17H13Br2N3O/c2*18-9-11(19)10-20-17(23)22-16-12-5-1-3-7-14(12)21-15-8-4-2-6-13(15)16/h2*1-9H,10H2,(H2,20,21,22,23)/b2*11-9-. The van der Waals surface area contributed by atoms with Crippen LogP contribution >= 0.6 is 63.7 Å². The maximum Gasteiger partial charge on any atom is 0.319 e. The van der Waals surface area contributed by atoms with Crippen molar-refractivity contribution >= 4 is 131 Å². The molecule has 4 amide bonds. The number of rotatable bonds is 6. The van der Waals surface area contributed by atoms with E-state index in [0.29, 0.717) is 13.1 Å². The van der Waals surface area contributed by atoms with Crippen LogP contribution in [0.15, 0.2) is 116 Å². The Bertz CT molecular complexity index is 1860. The lowest BCUT2D eigenvalue weighted by Crippen LogP contribution is -2.29. The van der Waals surface area contributed by atoms with E-state index in [2.05, 4.69) is 95.0 Å². The van der Waals surface area contributed by atoms with Crippen LogP contribution in [-0.2, 0) is 0 Å². The number of urea groups is 2. The molecule has 2 heterocycles. The first-order chi connectivity index (χ1) is 22.4. The predicted molar refractivity (Wildman–Crippen MR) is 204 cm³/mol. The van der Waals surface area contributed by atoms with Gasteiger partial charge in [0.05, 0.1) is 46.5 Å². The second-order valence-corrected chi connectivity index (χ2v) is 12.7. The quantitative estimate of drug-likeness (QED) is 0.125. The van der Waals surface area contributed by atoms with Gasteiger partial charge in [-0.1, -0.05) is 137 Å². The third-order valence-electron chi connectivity index (χ3n) is 6.72. The number of para-hydroxylation sites is 4. The minimum absolute atomic E-state index is 0.266. The highest BCUT2D eigenvalue weighted by Crippen LogP contribution is 2.31. The SMILES string of the molecule is O=C(NC/C(Br)=C/Br)Nc1c2ccccc2nc2ccccc12.O=C(NC/C(Br)=C/Br)Nc1c2ccccc2nc2ccccc12. The van der Waals surface area contributed by atoms with Crippen LogP contribution in [0.5, 0.6) is 0 Å². The highest BCUT2D eigenvalue weighted by molar-refractivity contribution is 9.14.